The van der Waals surface area contributed by atoms with Crippen molar-refractivity contribution in [3.05, 3.63) is 59.8 Å². The van der Waals surface area contributed by atoms with Crippen LogP contribution in [0.5, 0.6) is 0 Å². The molecule has 0 spiro atoms. The molecule has 7 nitrogen and oxygen atoms in total. The van der Waals surface area contributed by atoms with E-state index in [-0.39, 0.29) is 18.4 Å². The van der Waals surface area contributed by atoms with E-state index in [9.17, 15) is 9.59 Å². The summed E-state index contributed by atoms with van der Waals surface area (Å²) in [6.45, 7) is 3.18. The van der Waals surface area contributed by atoms with Gasteiger partial charge in [-0.3, -0.25) is 9.59 Å². The summed E-state index contributed by atoms with van der Waals surface area (Å²) in [7, 11) is 1.58. The third-order valence-corrected chi connectivity index (χ3v) is 4.89. The van der Waals surface area contributed by atoms with Crippen molar-refractivity contribution < 1.29 is 14.3 Å². The zero-order valence-electron chi connectivity index (χ0n) is 16.8. The molecule has 1 N–H and O–H groups in total. The zero-order chi connectivity index (χ0) is 20.5. The highest BCUT2D eigenvalue weighted by atomic mass is 16.5. The second-order valence-electron chi connectivity index (χ2n) is 7.09. The first kappa shape index (κ1) is 20.8. The molecule has 1 fully saturated rings. The summed E-state index contributed by atoms with van der Waals surface area (Å²) in [6.07, 6.45) is 3.95. The lowest BCUT2D eigenvalue weighted by atomic mass is 10.2. The molecule has 1 saturated heterocycles. The van der Waals surface area contributed by atoms with Gasteiger partial charge in [0, 0.05) is 39.5 Å². The van der Waals surface area contributed by atoms with Crippen LogP contribution in [0.3, 0.4) is 0 Å². The maximum atomic E-state index is 13.1. The third kappa shape index (κ3) is 6.02. The topological polar surface area (TPSA) is 74.8 Å². The van der Waals surface area contributed by atoms with E-state index >= 15 is 0 Å². The van der Waals surface area contributed by atoms with Gasteiger partial charge in [0.05, 0.1) is 12.2 Å². The number of aromatic nitrogens is 1. The van der Waals surface area contributed by atoms with Gasteiger partial charge in [0.2, 0.25) is 5.91 Å². The predicted molar refractivity (Wildman–Crippen MR) is 112 cm³/mol. The standard InChI is InChI=1S/C22H28N4O3/c1-29-14-11-23-21(27)17-26(16-18-7-3-2-4-8-18)22(28)19-9-10-20(24-15-19)25-12-5-6-13-25/h2-4,7-10,15H,5-6,11-14,16-17H2,1H3,(H,23,27). The van der Waals surface area contributed by atoms with Gasteiger partial charge in [-0.15, -0.1) is 0 Å². The number of carbonyl (C=O) groups excluding carboxylic acids is 2. The molecule has 7 heteroatoms. The van der Waals surface area contributed by atoms with E-state index < -0.39 is 0 Å². The molecular weight excluding hydrogens is 368 g/mol. The maximum absolute atomic E-state index is 13.1. The number of amides is 2. The Kier molecular flexibility index (Phi) is 7.58. The molecule has 2 aromatic rings. The number of ether oxygens (including phenoxy) is 1. The van der Waals surface area contributed by atoms with Crippen LogP contribution < -0.4 is 10.2 Å². The first-order valence-electron chi connectivity index (χ1n) is 9.97. The summed E-state index contributed by atoms with van der Waals surface area (Å²) in [5.74, 6) is 0.468. The van der Waals surface area contributed by atoms with Gasteiger partial charge < -0.3 is 19.9 Å². The van der Waals surface area contributed by atoms with Crippen LogP contribution in [0.4, 0.5) is 5.82 Å². The van der Waals surface area contributed by atoms with Gasteiger partial charge in [0.1, 0.15) is 12.4 Å². The van der Waals surface area contributed by atoms with Gasteiger partial charge in [0.15, 0.2) is 0 Å². The van der Waals surface area contributed by atoms with Gasteiger partial charge in [-0.1, -0.05) is 30.3 Å². The average molecular weight is 396 g/mol. The number of carbonyl (C=O) groups is 2. The van der Waals surface area contributed by atoms with Crippen molar-refractivity contribution in [2.24, 2.45) is 0 Å². The number of methoxy groups -OCH3 is 1. The number of nitrogens with one attached hydrogen (secondary N) is 1. The molecule has 0 unspecified atom stereocenters. The Balaban J connectivity index is 1.71. The van der Waals surface area contributed by atoms with Crippen molar-refractivity contribution in [1.82, 2.24) is 15.2 Å². The molecule has 1 aromatic carbocycles. The lowest BCUT2D eigenvalue weighted by molar-refractivity contribution is -0.122. The minimum absolute atomic E-state index is 0.0225. The van der Waals surface area contributed by atoms with Crippen molar-refractivity contribution in [1.29, 1.82) is 0 Å². The molecule has 29 heavy (non-hydrogen) atoms. The molecule has 1 aliphatic heterocycles. The fourth-order valence-electron chi connectivity index (χ4n) is 3.35. The quantitative estimate of drug-likeness (QED) is 0.657. The highest BCUT2D eigenvalue weighted by Gasteiger charge is 2.20. The van der Waals surface area contributed by atoms with Crippen molar-refractivity contribution in [2.45, 2.75) is 19.4 Å². The maximum Gasteiger partial charge on any atom is 0.256 e. The summed E-state index contributed by atoms with van der Waals surface area (Å²) < 4.78 is 4.96. The molecular formula is C22H28N4O3. The Morgan fingerprint density at radius 1 is 1.14 bits per heavy atom. The monoisotopic (exact) mass is 396 g/mol. The number of rotatable bonds is 9. The SMILES string of the molecule is COCCNC(=O)CN(Cc1ccccc1)C(=O)c1ccc(N2CCCC2)nc1. The van der Waals surface area contributed by atoms with Gasteiger partial charge >= 0.3 is 0 Å². The minimum Gasteiger partial charge on any atom is -0.383 e. The van der Waals surface area contributed by atoms with Crippen molar-refractivity contribution in [2.75, 3.05) is 44.8 Å². The number of hydrogen-bond acceptors (Lipinski definition) is 5. The Morgan fingerprint density at radius 3 is 2.55 bits per heavy atom. The van der Waals surface area contributed by atoms with Crippen LogP contribution in [0.15, 0.2) is 48.7 Å². The Morgan fingerprint density at radius 2 is 1.90 bits per heavy atom. The van der Waals surface area contributed by atoms with Gasteiger partial charge in [-0.2, -0.15) is 0 Å². The van der Waals surface area contributed by atoms with Gasteiger partial charge in [-0.05, 0) is 30.5 Å². The minimum atomic E-state index is -0.215. The van der Waals surface area contributed by atoms with Crippen molar-refractivity contribution in [3.8, 4) is 0 Å². The first-order valence-corrected chi connectivity index (χ1v) is 9.97. The van der Waals surface area contributed by atoms with E-state index in [2.05, 4.69) is 15.2 Å². The number of anilines is 1. The van der Waals surface area contributed by atoms with Crippen LogP contribution >= 0.6 is 0 Å². The van der Waals surface area contributed by atoms with Crippen LogP contribution in [0.25, 0.3) is 0 Å². The second-order valence-corrected chi connectivity index (χ2v) is 7.09. The van der Waals surface area contributed by atoms with Crippen molar-refractivity contribution >= 4 is 17.6 Å². The molecule has 1 aromatic heterocycles. The molecule has 1 aliphatic rings. The predicted octanol–water partition coefficient (Wildman–Crippen LogP) is 2.09. The second kappa shape index (κ2) is 10.6. The number of benzene rings is 1. The highest BCUT2D eigenvalue weighted by molar-refractivity contribution is 5.96. The van der Waals surface area contributed by atoms with Crippen LogP contribution in [0.2, 0.25) is 0 Å². The molecule has 0 saturated carbocycles. The van der Waals surface area contributed by atoms with E-state index in [0.29, 0.717) is 25.3 Å². The summed E-state index contributed by atoms with van der Waals surface area (Å²) in [6, 6.07) is 13.3. The fraction of sp³-hybridized carbons (Fsp3) is 0.409. The van der Waals surface area contributed by atoms with Crippen LogP contribution in [-0.2, 0) is 16.1 Å². The van der Waals surface area contributed by atoms with E-state index in [1.165, 1.54) is 12.8 Å². The molecule has 0 atom stereocenters. The summed E-state index contributed by atoms with van der Waals surface area (Å²) in [5.41, 5.74) is 1.45. The molecule has 0 radical (unpaired) electrons. The van der Waals surface area contributed by atoms with Crippen LogP contribution in [-0.4, -0.2) is 61.6 Å². The Labute approximate surface area is 171 Å². The normalized spacial score (nSPS) is 13.3. The smallest absolute Gasteiger partial charge is 0.256 e. The highest BCUT2D eigenvalue weighted by Crippen LogP contribution is 2.18. The molecule has 3 rings (SSSR count). The average Bonchev–Trinajstić information content (AvgIpc) is 3.29. The van der Waals surface area contributed by atoms with E-state index in [4.69, 9.17) is 4.74 Å². The molecule has 2 amide bonds. The Bertz CT molecular complexity index is 789. The lowest BCUT2D eigenvalue weighted by Crippen LogP contribution is -2.41. The van der Waals surface area contributed by atoms with E-state index in [1.807, 2.05) is 36.4 Å². The van der Waals surface area contributed by atoms with Crippen LogP contribution in [0, 0.1) is 0 Å². The fourth-order valence-corrected chi connectivity index (χ4v) is 3.35. The zero-order valence-corrected chi connectivity index (χ0v) is 16.8. The summed E-state index contributed by atoms with van der Waals surface area (Å²) in [5, 5.41) is 2.77. The third-order valence-electron chi connectivity index (χ3n) is 4.89. The van der Waals surface area contributed by atoms with E-state index in [0.717, 1.165) is 24.5 Å². The number of pyridine rings is 1. The van der Waals surface area contributed by atoms with E-state index in [1.54, 1.807) is 24.3 Å². The number of hydrogen-bond donors (Lipinski definition) is 1. The van der Waals surface area contributed by atoms with Crippen LogP contribution in [0.1, 0.15) is 28.8 Å². The Hall–Kier alpha value is -2.93. The van der Waals surface area contributed by atoms with Gasteiger partial charge in [0.25, 0.3) is 5.91 Å². The molecule has 154 valence electrons. The first-order chi connectivity index (χ1) is 14.2. The summed E-state index contributed by atoms with van der Waals surface area (Å²) in [4.78, 5) is 33.7. The molecule has 2 heterocycles. The largest absolute Gasteiger partial charge is 0.383 e. The van der Waals surface area contributed by atoms with Crippen molar-refractivity contribution in [3.63, 3.8) is 0 Å². The lowest BCUT2D eigenvalue weighted by Gasteiger charge is -2.23. The molecule has 0 bridgehead atoms. The summed E-state index contributed by atoms with van der Waals surface area (Å²) >= 11 is 0. The number of nitrogens with zero attached hydrogens (tertiary/aromatic N) is 3. The van der Waals surface area contributed by atoms with Gasteiger partial charge in [-0.25, -0.2) is 4.98 Å². The molecule has 0 aliphatic carbocycles.